The zero-order chi connectivity index (χ0) is 22.9. The quantitative estimate of drug-likeness (QED) is 0.627. The molecule has 31 heavy (non-hydrogen) atoms. The summed E-state index contributed by atoms with van der Waals surface area (Å²) >= 11 is 1.49. The Morgan fingerprint density at radius 1 is 1.26 bits per heavy atom. The van der Waals surface area contributed by atoms with E-state index in [1.807, 2.05) is 39.0 Å². The molecule has 0 fully saturated rings. The summed E-state index contributed by atoms with van der Waals surface area (Å²) < 4.78 is 5.97. The molecule has 6 heteroatoms. The van der Waals surface area contributed by atoms with Gasteiger partial charge in [-0.3, -0.25) is 9.59 Å². The lowest BCUT2D eigenvalue weighted by Gasteiger charge is -2.33. The molecule has 3 N–H and O–H groups in total. The molecule has 0 bridgehead atoms. The highest BCUT2D eigenvalue weighted by molar-refractivity contribution is 7.17. The van der Waals surface area contributed by atoms with Crippen molar-refractivity contribution in [3.05, 3.63) is 45.3 Å². The first-order valence-electron chi connectivity index (χ1n) is 11.0. The van der Waals surface area contributed by atoms with Crippen LogP contribution in [0.1, 0.15) is 72.5 Å². The van der Waals surface area contributed by atoms with Crippen molar-refractivity contribution in [2.24, 2.45) is 17.1 Å². The Bertz CT molecular complexity index is 987. The predicted molar refractivity (Wildman–Crippen MR) is 127 cm³/mol. The second-order valence-corrected chi connectivity index (χ2v) is 10.7. The number of nitrogens with one attached hydrogen (secondary N) is 1. The molecule has 5 nitrogen and oxygen atoms in total. The lowest BCUT2D eigenvalue weighted by Crippen LogP contribution is -2.33. The Balaban J connectivity index is 1.82. The lowest BCUT2D eigenvalue weighted by atomic mass is 9.72. The van der Waals surface area contributed by atoms with E-state index in [4.69, 9.17) is 10.5 Å². The van der Waals surface area contributed by atoms with Crippen LogP contribution in [0.4, 0.5) is 5.00 Å². The van der Waals surface area contributed by atoms with Crippen LogP contribution in [0.25, 0.3) is 0 Å². The van der Waals surface area contributed by atoms with Crippen LogP contribution < -0.4 is 15.8 Å². The van der Waals surface area contributed by atoms with Crippen molar-refractivity contribution < 1.29 is 14.3 Å². The fourth-order valence-electron chi connectivity index (χ4n) is 4.14. The Morgan fingerprint density at radius 2 is 1.97 bits per heavy atom. The lowest BCUT2D eigenvalue weighted by molar-refractivity contribution is -0.122. The zero-order valence-corrected chi connectivity index (χ0v) is 20.2. The Morgan fingerprint density at radius 3 is 2.55 bits per heavy atom. The topological polar surface area (TPSA) is 81.4 Å². The maximum Gasteiger partial charge on any atom is 0.266 e. The van der Waals surface area contributed by atoms with E-state index < -0.39 is 12.0 Å². The van der Waals surface area contributed by atoms with Gasteiger partial charge in [-0.2, -0.15) is 0 Å². The van der Waals surface area contributed by atoms with Crippen LogP contribution in [0.2, 0.25) is 0 Å². The molecule has 0 saturated carbocycles. The summed E-state index contributed by atoms with van der Waals surface area (Å²) in [5, 5.41) is 3.51. The first-order chi connectivity index (χ1) is 14.5. The van der Waals surface area contributed by atoms with E-state index in [-0.39, 0.29) is 11.3 Å². The van der Waals surface area contributed by atoms with E-state index in [9.17, 15) is 9.59 Å². The molecule has 168 valence electrons. The van der Waals surface area contributed by atoms with Gasteiger partial charge in [0.25, 0.3) is 11.8 Å². The van der Waals surface area contributed by atoms with E-state index in [1.54, 1.807) is 0 Å². The Labute approximate surface area is 189 Å². The van der Waals surface area contributed by atoms with Crippen molar-refractivity contribution in [3.63, 3.8) is 0 Å². The van der Waals surface area contributed by atoms with Crippen LogP contribution in [-0.2, 0) is 17.6 Å². The molecule has 3 rings (SSSR count). The number of benzene rings is 1. The molecule has 1 aliphatic rings. The SMILES string of the molecule is CC[C@H](Oc1ccc(C)c(C)c1)C(=O)Nc1sc2c(c1C(N)=O)CC[C@@H](C(C)(C)C)C2. The number of aryl methyl sites for hydroxylation is 2. The highest BCUT2D eigenvalue weighted by Crippen LogP contribution is 2.44. The van der Waals surface area contributed by atoms with E-state index in [0.717, 1.165) is 30.4 Å². The number of ether oxygens (including phenoxy) is 1. The van der Waals surface area contributed by atoms with Gasteiger partial charge < -0.3 is 15.8 Å². The molecule has 0 aliphatic heterocycles. The van der Waals surface area contributed by atoms with Crippen LogP contribution in [0.15, 0.2) is 18.2 Å². The van der Waals surface area contributed by atoms with Crippen LogP contribution >= 0.6 is 11.3 Å². The van der Waals surface area contributed by atoms with E-state index in [1.165, 1.54) is 21.8 Å². The average molecular weight is 443 g/mol. The summed E-state index contributed by atoms with van der Waals surface area (Å²) in [6.45, 7) is 12.7. The number of primary amides is 1. The fraction of sp³-hybridized carbons (Fsp3) is 0.520. The summed E-state index contributed by atoms with van der Waals surface area (Å²) in [7, 11) is 0. The van der Waals surface area contributed by atoms with E-state index in [0.29, 0.717) is 28.7 Å². The number of amides is 2. The van der Waals surface area contributed by atoms with Gasteiger partial charge in [0.2, 0.25) is 0 Å². The van der Waals surface area contributed by atoms with Crippen molar-refractivity contribution >= 4 is 28.2 Å². The normalized spacial score (nSPS) is 17.0. The number of hydrogen-bond acceptors (Lipinski definition) is 4. The van der Waals surface area contributed by atoms with Crippen LogP contribution in [-0.4, -0.2) is 17.9 Å². The first kappa shape index (κ1) is 23.3. The van der Waals surface area contributed by atoms with Crippen molar-refractivity contribution in [1.29, 1.82) is 0 Å². The second kappa shape index (κ2) is 9.03. The predicted octanol–water partition coefficient (Wildman–Crippen LogP) is 5.41. The zero-order valence-electron chi connectivity index (χ0n) is 19.4. The van der Waals surface area contributed by atoms with Crippen LogP contribution in [0, 0.1) is 25.2 Å². The number of rotatable bonds is 6. The largest absolute Gasteiger partial charge is 0.481 e. The van der Waals surface area contributed by atoms with Crippen molar-refractivity contribution in [1.82, 2.24) is 0 Å². The molecule has 1 heterocycles. The summed E-state index contributed by atoms with van der Waals surface area (Å²) in [4.78, 5) is 26.5. The van der Waals surface area contributed by atoms with Gasteiger partial charge >= 0.3 is 0 Å². The first-order valence-corrected chi connectivity index (χ1v) is 11.8. The minimum atomic E-state index is -0.649. The molecule has 1 aromatic carbocycles. The van der Waals surface area contributed by atoms with E-state index >= 15 is 0 Å². The molecule has 0 spiro atoms. The molecule has 1 aliphatic carbocycles. The fourth-order valence-corrected chi connectivity index (χ4v) is 5.48. The standard InChI is InChI=1S/C25H34N2O3S/c1-7-19(30-17-10-8-14(2)15(3)12-17)23(29)27-24-21(22(26)28)18-11-9-16(25(4,5)6)13-20(18)31-24/h8,10,12,16,19H,7,9,11,13H2,1-6H3,(H2,26,28)(H,27,29)/t16-,19+/m1/s1. The maximum atomic E-state index is 13.0. The molecule has 0 radical (unpaired) electrons. The van der Waals surface area contributed by atoms with Crippen LogP contribution in [0.3, 0.4) is 0 Å². The van der Waals surface area contributed by atoms with Crippen molar-refractivity contribution in [2.75, 3.05) is 5.32 Å². The number of carbonyl (C=O) groups is 2. The number of fused-ring (bicyclic) bond motifs is 1. The highest BCUT2D eigenvalue weighted by atomic mass is 32.1. The average Bonchev–Trinajstić information content (AvgIpc) is 3.05. The minimum Gasteiger partial charge on any atom is -0.481 e. The third-order valence-electron chi connectivity index (χ3n) is 6.39. The van der Waals surface area contributed by atoms with Gasteiger partial charge in [0.15, 0.2) is 6.10 Å². The summed E-state index contributed by atoms with van der Waals surface area (Å²) in [6.07, 6.45) is 2.62. The molecule has 2 atom stereocenters. The third-order valence-corrected chi connectivity index (χ3v) is 7.56. The summed E-state index contributed by atoms with van der Waals surface area (Å²) in [5.41, 5.74) is 9.70. The smallest absolute Gasteiger partial charge is 0.266 e. The van der Waals surface area contributed by atoms with Gasteiger partial charge in [-0.05, 0) is 79.7 Å². The van der Waals surface area contributed by atoms with E-state index in [2.05, 4.69) is 26.1 Å². The number of carbonyl (C=O) groups excluding carboxylic acids is 2. The molecule has 2 aromatic rings. The van der Waals surface area contributed by atoms with Crippen LogP contribution in [0.5, 0.6) is 5.75 Å². The third kappa shape index (κ3) is 5.12. The van der Waals surface area contributed by atoms with Gasteiger partial charge in [-0.1, -0.05) is 33.8 Å². The minimum absolute atomic E-state index is 0.200. The molecular formula is C25H34N2O3S. The molecule has 0 unspecified atom stereocenters. The molecule has 2 amide bonds. The monoisotopic (exact) mass is 442 g/mol. The Hall–Kier alpha value is -2.34. The molecular weight excluding hydrogens is 408 g/mol. The highest BCUT2D eigenvalue weighted by Gasteiger charge is 2.34. The number of nitrogens with two attached hydrogens (primary N) is 1. The van der Waals surface area contributed by atoms with Gasteiger partial charge in [0, 0.05) is 4.88 Å². The Kier molecular flexibility index (Phi) is 6.79. The van der Waals surface area contributed by atoms with Gasteiger partial charge in [0.05, 0.1) is 5.56 Å². The summed E-state index contributed by atoms with van der Waals surface area (Å²) in [6, 6.07) is 5.81. The van der Waals surface area contributed by atoms with Gasteiger partial charge in [-0.15, -0.1) is 11.3 Å². The van der Waals surface area contributed by atoms with Crippen molar-refractivity contribution in [2.45, 2.75) is 73.3 Å². The van der Waals surface area contributed by atoms with Crippen molar-refractivity contribution in [3.8, 4) is 5.75 Å². The molecule has 0 saturated heterocycles. The number of anilines is 1. The maximum absolute atomic E-state index is 13.0. The van der Waals surface area contributed by atoms with Gasteiger partial charge in [-0.25, -0.2) is 0 Å². The number of hydrogen-bond donors (Lipinski definition) is 2. The number of thiophene rings is 1. The summed E-state index contributed by atoms with van der Waals surface area (Å²) in [5.74, 6) is 0.470. The van der Waals surface area contributed by atoms with Gasteiger partial charge in [0.1, 0.15) is 10.8 Å². The molecule has 1 aromatic heterocycles. The second-order valence-electron chi connectivity index (χ2n) is 9.63.